The topological polar surface area (TPSA) is 107 Å². The van der Waals surface area contributed by atoms with E-state index in [1.165, 1.54) is 16.0 Å². The van der Waals surface area contributed by atoms with Crippen LogP contribution in [0.15, 0.2) is 18.5 Å². The highest BCUT2D eigenvalue weighted by atomic mass is 32.1. The third-order valence-corrected chi connectivity index (χ3v) is 9.38. The van der Waals surface area contributed by atoms with Gasteiger partial charge in [-0.1, -0.05) is 6.42 Å². The lowest BCUT2D eigenvalue weighted by Crippen LogP contribution is -2.41. The van der Waals surface area contributed by atoms with Crippen LogP contribution in [0.4, 0.5) is 0 Å². The van der Waals surface area contributed by atoms with Crippen LogP contribution in [0.2, 0.25) is 0 Å². The number of amides is 1. The molecule has 3 N–H and O–H groups in total. The molecule has 0 radical (unpaired) electrons. The van der Waals surface area contributed by atoms with Gasteiger partial charge in [-0.15, -0.1) is 22.7 Å². The monoisotopic (exact) mass is 502 g/mol. The Kier molecular flexibility index (Phi) is 7.06. The van der Waals surface area contributed by atoms with Gasteiger partial charge in [0.2, 0.25) is 5.91 Å². The number of Topliss-reactive ketones (excluding diaryl/α,β-unsaturated/α-hetero) is 1. The molecule has 5 heterocycles. The van der Waals surface area contributed by atoms with Gasteiger partial charge in [0.1, 0.15) is 16.3 Å². The lowest BCUT2D eigenvalue weighted by atomic mass is 9.75. The molecule has 1 amide bonds. The fourth-order valence-electron chi connectivity index (χ4n) is 5.09. The van der Waals surface area contributed by atoms with E-state index in [0.717, 1.165) is 58.9 Å². The van der Waals surface area contributed by atoms with Crippen molar-refractivity contribution < 1.29 is 17.2 Å². The zero-order chi connectivity index (χ0) is 23.5. The summed E-state index contributed by atoms with van der Waals surface area (Å²) in [4.78, 5) is 36.6. The number of unbranched alkanes of at least 4 members (excludes halogenated alkanes) is 1. The molecule has 2 aliphatic heterocycles. The number of pyridine rings is 1. The number of thiophene rings is 1. The average Bonchev–Trinajstić information content (AvgIpc) is 3.43. The maximum absolute atomic E-state index is 13.0. The van der Waals surface area contributed by atoms with Crippen LogP contribution in [0.3, 0.4) is 0 Å². The molecule has 0 spiro atoms. The Hall–Kier alpha value is -2.20. The van der Waals surface area contributed by atoms with E-state index in [-0.39, 0.29) is 14.5 Å². The summed E-state index contributed by atoms with van der Waals surface area (Å²) in [5.74, 6) is 0.0197. The van der Waals surface area contributed by atoms with E-state index in [2.05, 4.69) is 10.3 Å². The second-order valence-electron chi connectivity index (χ2n) is 9.27. The second-order valence-corrected chi connectivity index (χ2v) is 11.5. The summed E-state index contributed by atoms with van der Waals surface area (Å²) in [5, 5.41) is 4.44. The number of nitrogens with zero attached hydrogens (tertiary/aromatic N) is 2. The highest BCUT2D eigenvalue weighted by Crippen LogP contribution is 2.42. The number of carbonyl (C=O) groups is 2. The minimum Gasteiger partial charge on any atom is -0.381 e. The molecule has 5 rings (SSSR count). The second kappa shape index (κ2) is 10.2. The Bertz CT molecular complexity index is 1170. The van der Waals surface area contributed by atoms with Crippen LogP contribution >= 0.6 is 22.7 Å². The molecular formula is C25H34N4O3S2. The first-order valence-corrected chi connectivity index (χ1v) is 13.6. The molecular weight excluding hydrogens is 468 g/mol. The van der Waals surface area contributed by atoms with Crippen molar-refractivity contribution in [2.75, 3.05) is 19.8 Å². The highest BCUT2D eigenvalue weighted by molar-refractivity contribution is 7.22. The Morgan fingerprint density at radius 1 is 1.24 bits per heavy atom. The summed E-state index contributed by atoms with van der Waals surface area (Å²) in [7, 11) is 0. The molecule has 0 aliphatic carbocycles. The third-order valence-electron chi connectivity index (χ3n) is 7.10. The molecule has 3 aromatic rings. The number of primary amides is 1. The van der Waals surface area contributed by atoms with Crippen molar-refractivity contribution >= 4 is 44.6 Å². The summed E-state index contributed by atoms with van der Waals surface area (Å²) in [6.45, 7) is 2.98. The van der Waals surface area contributed by atoms with E-state index < -0.39 is 5.41 Å². The predicted molar refractivity (Wildman–Crippen MR) is 139 cm³/mol. The van der Waals surface area contributed by atoms with Gasteiger partial charge in [-0.3, -0.25) is 14.6 Å². The molecule has 184 valence electrons. The SMILES string of the molecule is NC(=O)C1(CCCCC(=O)Cc2sc3c(c2-c2nc4cnccc4s2)CCNC3)CCOCC1.[HH].[HH]. The predicted octanol–water partition coefficient (Wildman–Crippen LogP) is 4.51. The summed E-state index contributed by atoms with van der Waals surface area (Å²) in [5.41, 5.74) is 8.69. The molecule has 0 bridgehead atoms. The molecule has 2 aliphatic rings. The number of nitrogens with two attached hydrogens (primary N) is 1. The van der Waals surface area contributed by atoms with Crippen molar-refractivity contribution in [2.24, 2.45) is 11.1 Å². The lowest BCUT2D eigenvalue weighted by Gasteiger charge is -2.34. The molecule has 3 aromatic heterocycles. The number of hydrogen-bond acceptors (Lipinski definition) is 8. The van der Waals surface area contributed by atoms with Crippen LogP contribution in [0.1, 0.15) is 56.7 Å². The first kappa shape index (κ1) is 23.5. The zero-order valence-corrected chi connectivity index (χ0v) is 20.9. The van der Waals surface area contributed by atoms with Gasteiger partial charge < -0.3 is 15.8 Å². The summed E-state index contributed by atoms with van der Waals surface area (Å²) in [6.07, 6.45) is 9.25. The molecule has 0 unspecified atom stereocenters. The number of ketones is 1. The number of aromatic nitrogens is 2. The highest BCUT2D eigenvalue weighted by Gasteiger charge is 2.37. The molecule has 1 fully saturated rings. The van der Waals surface area contributed by atoms with E-state index in [9.17, 15) is 9.59 Å². The minimum absolute atomic E-state index is 0. The Morgan fingerprint density at radius 3 is 2.88 bits per heavy atom. The maximum Gasteiger partial charge on any atom is 0.223 e. The van der Waals surface area contributed by atoms with Crippen LogP contribution in [0, 0.1) is 5.41 Å². The smallest absolute Gasteiger partial charge is 0.223 e. The molecule has 7 nitrogen and oxygen atoms in total. The van der Waals surface area contributed by atoms with Crippen molar-refractivity contribution in [3.05, 3.63) is 33.8 Å². The summed E-state index contributed by atoms with van der Waals surface area (Å²) >= 11 is 3.43. The van der Waals surface area contributed by atoms with E-state index in [1.807, 2.05) is 6.07 Å². The van der Waals surface area contributed by atoms with Gasteiger partial charge in [-0.05, 0) is 50.3 Å². The van der Waals surface area contributed by atoms with Crippen molar-refractivity contribution in [3.8, 4) is 10.6 Å². The van der Waals surface area contributed by atoms with Crippen molar-refractivity contribution in [1.82, 2.24) is 15.3 Å². The van der Waals surface area contributed by atoms with Gasteiger partial charge in [0.15, 0.2) is 0 Å². The van der Waals surface area contributed by atoms with Crippen LogP contribution in [-0.2, 0) is 33.7 Å². The van der Waals surface area contributed by atoms with Crippen LogP contribution in [0.5, 0.6) is 0 Å². The number of fused-ring (bicyclic) bond motifs is 2. The number of hydrogen-bond donors (Lipinski definition) is 2. The van der Waals surface area contributed by atoms with Crippen LogP contribution in [-0.4, -0.2) is 41.4 Å². The zero-order valence-electron chi connectivity index (χ0n) is 19.2. The maximum atomic E-state index is 13.0. The first-order valence-electron chi connectivity index (χ1n) is 12.0. The number of carbonyl (C=O) groups excluding carboxylic acids is 2. The molecule has 0 aromatic carbocycles. The third kappa shape index (κ3) is 4.79. The normalized spacial score (nSPS) is 17.5. The van der Waals surface area contributed by atoms with Crippen molar-refractivity contribution in [3.63, 3.8) is 0 Å². The van der Waals surface area contributed by atoms with Gasteiger partial charge in [-0.25, -0.2) is 4.98 Å². The van der Waals surface area contributed by atoms with Crippen molar-refractivity contribution in [2.45, 2.75) is 57.9 Å². The van der Waals surface area contributed by atoms with Gasteiger partial charge >= 0.3 is 0 Å². The quantitative estimate of drug-likeness (QED) is 0.417. The molecule has 1 saturated heterocycles. The molecule has 0 atom stereocenters. The van der Waals surface area contributed by atoms with Gasteiger partial charge in [-0.2, -0.15) is 0 Å². The van der Waals surface area contributed by atoms with E-state index >= 15 is 0 Å². The molecule has 34 heavy (non-hydrogen) atoms. The lowest BCUT2D eigenvalue weighted by molar-refractivity contribution is -0.133. The molecule has 0 saturated carbocycles. The molecule has 9 heteroatoms. The average molecular weight is 503 g/mol. The number of thiazole rings is 1. The fraction of sp³-hybridized carbons (Fsp3) is 0.520. The summed E-state index contributed by atoms with van der Waals surface area (Å²) in [6, 6.07) is 2.00. The van der Waals surface area contributed by atoms with E-state index in [0.29, 0.717) is 38.9 Å². The van der Waals surface area contributed by atoms with Gasteiger partial charge in [0, 0.05) is 57.0 Å². The van der Waals surface area contributed by atoms with E-state index in [4.69, 9.17) is 15.5 Å². The minimum atomic E-state index is -0.462. The fourth-order valence-corrected chi connectivity index (χ4v) is 7.54. The first-order chi connectivity index (χ1) is 16.6. The van der Waals surface area contributed by atoms with Gasteiger partial charge in [0.05, 0.1) is 16.3 Å². The number of rotatable bonds is 9. The van der Waals surface area contributed by atoms with Crippen molar-refractivity contribution in [1.29, 1.82) is 0 Å². The number of nitrogens with one attached hydrogen (secondary N) is 1. The summed E-state index contributed by atoms with van der Waals surface area (Å²) < 4.78 is 6.53. The largest absolute Gasteiger partial charge is 0.381 e. The number of ether oxygens (including phenoxy) is 1. The van der Waals surface area contributed by atoms with Gasteiger partial charge in [0.25, 0.3) is 0 Å². The standard InChI is InChI=1S/C25H30N4O3S2.2H2/c26-24(31)25(7-11-32-12-8-25)6-2-1-3-16(30)13-20-22(17-4-9-28-15-21(17)33-20)23-29-18-14-27-10-5-19(18)34-23;;/h5,10,14,28H,1-4,6-9,11-13,15H2,(H2,26,31);2*1H. The van der Waals surface area contributed by atoms with Crippen LogP contribution in [0.25, 0.3) is 20.8 Å². The van der Waals surface area contributed by atoms with Crippen LogP contribution < -0.4 is 11.1 Å². The van der Waals surface area contributed by atoms with E-state index in [1.54, 1.807) is 35.1 Å². The Morgan fingerprint density at radius 2 is 2.09 bits per heavy atom. The Labute approximate surface area is 210 Å². The Balaban J connectivity index is 0.00000180.